The molecule has 3 N–H and O–H groups in total. The van der Waals surface area contributed by atoms with Gasteiger partial charge in [-0.15, -0.1) is 0 Å². The van der Waals surface area contributed by atoms with Crippen LogP contribution in [0.2, 0.25) is 0 Å². The van der Waals surface area contributed by atoms with E-state index >= 15 is 0 Å². The normalized spacial score (nSPS) is 7.92. The minimum atomic E-state index is -0.319. The molecule has 13 heteroatoms. The smallest absolute Gasteiger partial charge is 0.216 e. The van der Waals surface area contributed by atoms with Gasteiger partial charge in [-0.2, -0.15) is 0 Å². The highest BCUT2D eigenvalue weighted by atomic mass is 16.6. The average molecular weight is 382 g/mol. The highest BCUT2D eigenvalue weighted by molar-refractivity contribution is 5.76. The fraction of sp³-hybridized carbons (Fsp3) is 1.00. The highest BCUT2D eigenvalue weighted by Crippen LogP contribution is 1.73. The molecule has 0 aliphatic heterocycles. The summed E-state index contributed by atoms with van der Waals surface area (Å²) in [5, 5.41) is 21.8. The van der Waals surface area contributed by atoms with Crippen molar-refractivity contribution in [3.8, 4) is 0 Å². The lowest BCUT2D eigenvalue weighted by Gasteiger charge is -2.03. The van der Waals surface area contributed by atoms with Crippen LogP contribution in [0.1, 0.15) is 17.6 Å². The van der Waals surface area contributed by atoms with Gasteiger partial charge in [-0.25, -0.2) is 0 Å². The first-order valence-electron chi connectivity index (χ1n) is 7.40. The molecule has 0 aromatic heterocycles. The van der Waals surface area contributed by atoms with Crippen molar-refractivity contribution >= 4 is 25.2 Å². The number of hydrogen-bond donors (Lipinski definition) is 2. The van der Waals surface area contributed by atoms with Crippen molar-refractivity contribution in [2.75, 3.05) is 75.0 Å². The number of nitro groups is 2. The van der Waals surface area contributed by atoms with E-state index in [1.807, 2.05) is 42.3 Å². The summed E-state index contributed by atoms with van der Waals surface area (Å²) in [5.41, 5.74) is 5.19. The number of nitrogens with one attached hydrogen (secondary N) is 1. The third-order valence-corrected chi connectivity index (χ3v) is 1.71. The van der Waals surface area contributed by atoms with Crippen molar-refractivity contribution in [3.05, 3.63) is 20.2 Å². The van der Waals surface area contributed by atoms with Crippen molar-refractivity contribution in [1.82, 2.24) is 15.1 Å². The fourth-order valence-electron chi connectivity index (χ4n) is 0.722. The van der Waals surface area contributed by atoms with E-state index in [0.717, 1.165) is 13.1 Å². The van der Waals surface area contributed by atoms with E-state index in [9.17, 15) is 20.2 Å². The van der Waals surface area contributed by atoms with Gasteiger partial charge < -0.3 is 20.9 Å². The molecule has 10 nitrogen and oxygen atoms in total. The molecule has 157 valence electrons. The van der Waals surface area contributed by atoms with E-state index in [2.05, 4.69) is 10.2 Å². The molecule has 0 saturated heterocycles. The van der Waals surface area contributed by atoms with Crippen molar-refractivity contribution < 1.29 is 14.1 Å². The lowest BCUT2D eigenvalue weighted by atomic mass is 10.5. The van der Waals surface area contributed by atoms with Gasteiger partial charge in [0.2, 0.25) is 13.1 Å². The molecule has 0 aliphatic carbocycles. The monoisotopic (exact) mass is 382 g/mol. The lowest BCUT2D eigenvalue weighted by molar-refractivity contribution is -0.479. The van der Waals surface area contributed by atoms with Crippen LogP contribution < -0.4 is 11.1 Å². The molecule has 0 bridgehead atoms. The molecule has 0 unspecified atom stereocenters. The first-order valence-corrected chi connectivity index (χ1v) is 7.40. The zero-order valence-corrected chi connectivity index (χ0v) is 17.5. The summed E-state index contributed by atoms with van der Waals surface area (Å²) in [5.74, 6) is 0. The van der Waals surface area contributed by atoms with Gasteiger partial charge in [0, 0.05) is 58.9 Å². The predicted octanol–water partition coefficient (Wildman–Crippen LogP) is -0.564. The molecule has 0 saturated carbocycles. The van der Waals surface area contributed by atoms with E-state index in [4.69, 9.17) is 5.73 Å². The molecule has 0 aromatic rings. The molecule has 9 radical (unpaired) electrons. The summed E-state index contributed by atoms with van der Waals surface area (Å²) in [4.78, 5) is 22.3. The third-order valence-electron chi connectivity index (χ3n) is 1.71. The van der Waals surface area contributed by atoms with Gasteiger partial charge >= 0.3 is 0 Å². The molecule has 0 atom stereocenters. The van der Waals surface area contributed by atoms with Crippen LogP contribution in [0.25, 0.3) is 0 Å². The maximum absolute atomic E-state index is 9.68. The van der Waals surface area contributed by atoms with Gasteiger partial charge in [0.1, 0.15) is 0 Å². The molecule has 0 amide bonds. The van der Waals surface area contributed by atoms with Crippen molar-refractivity contribution in [1.29, 1.82) is 0 Å². The Kier molecular flexibility index (Phi) is 66.7. The number of hydrogen-bond acceptors (Lipinski definition) is 8. The van der Waals surface area contributed by atoms with Gasteiger partial charge in [-0.05, 0) is 42.3 Å². The molecule has 0 aliphatic rings. The second-order valence-corrected chi connectivity index (χ2v) is 5.01. The number of nitrogens with two attached hydrogens (primary N) is 1. The van der Waals surface area contributed by atoms with Gasteiger partial charge in [0.05, 0.1) is 6.54 Å². The van der Waals surface area contributed by atoms with Crippen LogP contribution in [-0.2, 0) is 0 Å². The minimum Gasteiger partial charge on any atom is -0.329 e. The summed E-state index contributed by atoms with van der Waals surface area (Å²) in [6.07, 6.45) is 0.632. The van der Waals surface area contributed by atoms with Crippen LogP contribution >= 0.6 is 0 Å². The summed E-state index contributed by atoms with van der Waals surface area (Å²) in [6, 6.07) is 0. The average Bonchev–Trinajstić information content (AvgIpc) is 2.38. The molecular weight excluding hydrogens is 337 g/mol. The highest BCUT2D eigenvalue weighted by Gasteiger charge is 1.95. The third kappa shape index (κ3) is 113. The Hall–Kier alpha value is -1.17. The van der Waals surface area contributed by atoms with E-state index < -0.39 is 0 Å². The fourth-order valence-corrected chi connectivity index (χ4v) is 0.722. The topological polar surface area (TPSA) is 131 Å². The molecule has 0 spiro atoms. The Morgan fingerprint density at radius 1 is 0.885 bits per heavy atom. The summed E-state index contributed by atoms with van der Waals surface area (Å²) < 4.78 is 0. The van der Waals surface area contributed by atoms with Crippen LogP contribution in [0.4, 0.5) is 0 Å². The summed E-state index contributed by atoms with van der Waals surface area (Å²) >= 11 is 0. The van der Waals surface area contributed by atoms with E-state index in [1.165, 1.54) is 0 Å². The zero-order chi connectivity index (χ0) is 19.3. The second-order valence-electron chi connectivity index (χ2n) is 5.01. The molecule has 0 rings (SSSR count). The minimum absolute atomic E-state index is 0. The Morgan fingerprint density at radius 3 is 1.23 bits per heavy atom. The summed E-state index contributed by atoms with van der Waals surface area (Å²) in [6.45, 7) is 4.18. The van der Waals surface area contributed by atoms with E-state index in [1.54, 1.807) is 11.8 Å². The number of likely N-dealkylation sites (N-methyl/N-ethyl adjacent to an activating group) is 2. The van der Waals surface area contributed by atoms with Gasteiger partial charge in [-0.3, -0.25) is 20.2 Å². The Balaban J connectivity index is -0.0000000201. The van der Waals surface area contributed by atoms with E-state index in [-0.39, 0.29) is 52.5 Å². The largest absolute Gasteiger partial charge is 0.329 e. The standard InChI is InChI=1S/C4H10N2O2.C4H12N2.C3H7NO2.C2H7N.3B.3H2/c1-5(2)3-4-6(7)8;1-6(2)4-3-5;1-2-3-4(5)6;1-3-2;;;;;;/h3-4H2,1-2H3;3-5H2,1-2H3;2-3H2,1H3;3H,1-2H3;;;;3*1H/i;;;;;;;3*1+1. The predicted molar refractivity (Wildman–Crippen MR) is 119 cm³/mol. The van der Waals surface area contributed by atoms with Crippen LogP contribution in [0.3, 0.4) is 0 Å². The first kappa shape index (κ1) is 44.4. The summed E-state index contributed by atoms with van der Waals surface area (Å²) in [7, 11) is 11.4. The lowest BCUT2D eigenvalue weighted by Crippen LogP contribution is -2.20. The molecule has 0 heterocycles. The molecule has 0 fully saturated rings. The second kappa shape index (κ2) is 39.1. The molecule has 0 aromatic carbocycles. The van der Waals surface area contributed by atoms with Crippen molar-refractivity contribution in [3.63, 3.8) is 0 Å². The van der Waals surface area contributed by atoms with Gasteiger partial charge in [0.15, 0.2) is 0 Å². The van der Waals surface area contributed by atoms with Crippen LogP contribution in [0.15, 0.2) is 0 Å². The zero-order valence-electron chi connectivity index (χ0n) is 17.5. The van der Waals surface area contributed by atoms with Gasteiger partial charge in [-0.1, -0.05) is 6.92 Å². The van der Waals surface area contributed by atoms with Crippen molar-refractivity contribution in [2.45, 2.75) is 13.3 Å². The number of nitrogens with zero attached hydrogens (tertiary/aromatic N) is 4. The van der Waals surface area contributed by atoms with Crippen LogP contribution in [0, 0.1) is 20.2 Å². The van der Waals surface area contributed by atoms with Crippen molar-refractivity contribution in [2.24, 2.45) is 5.73 Å². The Morgan fingerprint density at radius 2 is 1.19 bits per heavy atom. The van der Waals surface area contributed by atoms with Crippen LogP contribution in [0.5, 0.6) is 0 Å². The van der Waals surface area contributed by atoms with Gasteiger partial charge in [0.25, 0.3) is 0 Å². The quantitative estimate of drug-likeness (QED) is 0.340. The molecule has 26 heavy (non-hydrogen) atoms. The Labute approximate surface area is 169 Å². The maximum atomic E-state index is 9.68. The first-order chi connectivity index (χ1) is 10.6. The van der Waals surface area contributed by atoms with E-state index in [0.29, 0.717) is 13.0 Å². The SMILES string of the molecule is CCC[N+](=O)[O-].CN(C)CCN.CN(C)CC[N+](=O)[O-].CNC.[2HH].[2HH].[2HH].[B].[B].[B]. The van der Waals surface area contributed by atoms with Crippen LogP contribution in [-0.4, -0.2) is 120 Å². The number of rotatable bonds is 7. The molecular formula is C13H42B3N6O4. The maximum Gasteiger partial charge on any atom is 0.216 e. The Bertz CT molecular complexity index is 280.